The Kier molecular flexibility index (Phi) is 7.23. The van der Waals surface area contributed by atoms with Crippen LogP contribution in [-0.2, 0) is 14.3 Å². The number of amides is 2. The first-order chi connectivity index (χ1) is 12.5. The molecule has 2 amide bonds. The largest absolute Gasteiger partial charge is 0.455 e. The SMILES string of the molecule is CNC(=O)c1ccc(NC(=O)COC(=O)[C@@H](C)Sc2ccccc2)cc1. The van der Waals surface area contributed by atoms with E-state index in [-0.39, 0.29) is 12.5 Å². The third kappa shape index (κ3) is 5.93. The van der Waals surface area contributed by atoms with E-state index in [0.29, 0.717) is 11.3 Å². The third-order valence-electron chi connectivity index (χ3n) is 3.39. The number of carbonyl (C=O) groups is 3. The number of rotatable bonds is 7. The van der Waals surface area contributed by atoms with Gasteiger partial charge in [0.05, 0.1) is 0 Å². The number of hydrogen-bond donors (Lipinski definition) is 2. The number of anilines is 1. The molecule has 0 aromatic heterocycles. The summed E-state index contributed by atoms with van der Waals surface area (Å²) in [5, 5.41) is 4.71. The van der Waals surface area contributed by atoms with Crippen molar-refractivity contribution in [1.29, 1.82) is 0 Å². The second kappa shape index (κ2) is 9.62. The van der Waals surface area contributed by atoms with Gasteiger partial charge in [-0.05, 0) is 43.3 Å². The van der Waals surface area contributed by atoms with Crippen LogP contribution in [0.25, 0.3) is 0 Å². The lowest BCUT2D eigenvalue weighted by Gasteiger charge is -2.11. The predicted octanol–water partition coefficient (Wildman–Crippen LogP) is 2.71. The second-order valence-electron chi connectivity index (χ2n) is 5.39. The molecule has 0 fully saturated rings. The van der Waals surface area contributed by atoms with Gasteiger partial charge in [0.15, 0.2) is 6.61 Å². The molecule has 0 radical (unpaired) electrons. The van der Waals surface area contributed by atoms with Gasteiger partial charge in [-0.15, -0.1) is 11.8 Å². The lowest BCUT2D eigenvalue weighted by atomic mass is 10.2. The number of hydrogen-bond acceptors (Lipinski definition) is 5. The van der Waals surface area contributed by atoms with Crippen LogP contribution in [0.15, 0.2) is 59.5 Å². The summed E-state index contributed by atoms with van der Waals surface area (Å²) in [7, 11) is 1.55. The first-order valence-electron chi connectivity index (χ1n) is 8.00. The first kappa shape index (κ1) is 19.5. The van der Waals surface area contributed by atoms with Crippen molar-refractivity contribution in [3.63, 3.8) is 0 Å². The number of benzene rings is 2. The topological polar surface area (TPSA) is 84.5 Å². The number of thioether (sulfide) groups is 1. The minimum Gasteiger partial charge on any atom is -0.455 e. The van der Waals surface area contributed by atoms with Crippen molar-refractivity contribution in [2.75, 3.05) is 19.0 Å². The van der Waals surface area contributed by atoms with Crippen LogP contribution in [0.3, 0.4) is 0 Å². The van der Waals surface area contributed by atoms with Gasteiger partial charge in [-0.1, -0.05) is 18.2 Å². The normalized spacial score (nSPS) is 11.3. The zero-order valence-electron chi connectivity index (χ0n) is 14.5. The van der Waals surface area contributed by atoms with Crippen molar-refractivity contribution < 1.29 is 19.1 Å². The molecule has 136 valence electrons. The van der Waals surface area contributed by atoms with Gasteiger partial charge in [0, 0.05) is 23.2 Å². The monoisotopic (exact) mass is 372 g/mol. The summed E-state index contributed by atoms with van der Waals surface area (Å²) in [6.45, 7) is 1.37. The minimum absolute atomic E-state index is 0.207. The summed E-state index contributed by atoms with van der Waals surface area (Å²) < 4.78 is 5.05. The van der Waals surface area contributed by atoms with Crippen LogP contribution in [0.1, 0.15) is 17.3 Å². The smallest absolute Gasteiger partial charge is 0.319 e. The lowest BCUT2D eigenvalue weighted by Crippen LogP contribution is -2.24. The van der Waals surface area contributed by atoms with Gasteiger partial charge in [0.25, 0.3) is 11.8 Å². The molecule has 0 heterocycles. The van der Waals surface area contributed by atoms with Crippen molar-refractivity contribution in [2.45, 2.75) is 17.1 Å². The summed E-state index contributed by atoms with van der Waals surface area (Å²) >= 11 is 1.37. The molecule has 0 saturated heterocycles. The minimum atomic E-state index is -0.455. The van der Waals surface area contributed by atoms with Gasteiger partial charge >= 0.3 is 5.97 Å². The fourth-order valence-electron chi connectivity index (χ4n) is 2.05. The number of nitrogens with one attached hydrogen (secondary N) is 2. The van der Waals surface area contributed by atoms with Crippen molar-refractivity contribution in [3.05, 3.63) is 60.2 Å². The van der Waals surface area contributed by atoms with E-state index in [0.717, 1.165) is 4.90 Å². The van der Waals surface area contributed by atoms with Crippen molar-refractivity contribution in [1.82, 2.24) is 5.32 Å². The molecule has 1 atom stereocenters. The first-order valence-corrected chi connectivity index (χ1v) is 8.88. The van der Waals surface area contributed by atoms with Crippen LogP contribution in [0.2, 0.25) is 0 Å². The molecule has 7 heteroatoms. The van der Waals surface area contributed by atoms with E-state index in [1.807, 2.05) is 30.3 Å². The molecule has 0 spiro atoms. The summed E-state index contributed by atoms with van der Waals surface area (Å²) in [4.78, 5) is 36.3. The van der Waals surface area contributed by atoms with Gasteiger partial charge in [-0.2, -0.15) is 0 Å². The highest BCUT2D eigenvalue weighted by Crippen LogP contribution is 2.23. The highest BCUT2D eigenvalue weighted by Gasteiger charge is 2.17. The van der Waals surface area contributed by atoms with Crippen molar-refractivity contribution in [3.8, 4) is 0 Å². The fraction of sp³-hybridized carbons (Fsp3) is 0.211. The molecule has 0 aliphatic heterocycles. The molecule has 2 aromatic carbocycles. The number of ether oxygens (including phenoxy) is 1. The quantitative estimate of drug-likeness (QED) is 0.577. The number of carbonyl (C=O) groups excluding carboxylic acids is 3. The molecular weight excluding hydrogens is 352 g/mol. The Balaban J connectivity index is 1.78. The Morgan fingerprint density at radius 1 is 1.04 bits per heavy atom. The summed E-state index contributed by atoms with van der Waals surface area (Å²) in [6.07, 6.45) is 0. The molecule has 2 aromatic rings. The summed E-state index contributed by atoms with van der Waals surface area (Å²) in [6, 6.07) is 15.9. The standard InChI is InChI=1S/C19H20N2O4S/c1-13(26-16-6-4-3-5-7-16)19(24)25-12-17(22)21-15-10-8-14(9-11-15)18(23)20-2/h3-11,13H,12H2,1-2H3,(H,20,23)(H,21,22)/t13-/m1/s1. The molecule has 0 saturated carbocycles. The molecular formula is C19H20N2O4S. The summed E-state index contributed by atoms with van der Waals surface area (Å²) in [5.41, 5.74) is 1.01. The van der Waals surface area contributed by atoms with Crippen LogP contribution in [0, 0.1) is 0 Å². The van der Waals surface area contributed by atoms with Crippen LogP contribution in [0.5, 0.6) is 0 Å². The fourth-order valence-corrected chi connectivity index (χ4v) is 2.94. The van der Waals surface area contributed by atoms with Crippen molar-refractivity contribution in [2.24, 2.45) is 0 Å². The van der Waals surface area contributed by atoms with Gasteiger partial charge in [-0.3, -0.25) is 14.4 Å². The molecule has 2 N–H and O–H groups in total. The molecule has 0 aliphatic rings. The number of esters is 1. The Labute approximate surface area is 156 Å². The molecule has 0 unspecified atom stereocenters. The molecule has 2 rings (SSSR count). The molecule has 0 bridgehead atoms. The highest BCUT2D eigenvalue weighted by molar-refractivity contribution is 8.00. The Morgan fingerprint density at radius 3 is 2.31 bits per heavy atom. The van der Waals surface area contributed by atoms with Gasteiger partial charge in [0.2, 0.25) is 0 Å². The molecule has 26 heavy (non-hydrogen) atoms. The van der Waals surface area contributed by atoms with E-state index in [1.165, 1.54) is 11.8 Å². The zero-order valence-corrected chi connectivity index (χ0v) is 15.3. The predicted molar refractivity (Wildman–Crippen MR) is 101 cm³/mol. The molecule has 6 nitrogen and oxygen atoms in total. The van der Waals surface area contributed by atoms with Gasteiger partial charge in [-0.25, -0.2) is 0 Å². The zero-order chi connectivity index (χ0) is 18.9. The van der Waals surface area contributed by atoms with E-state index in [9.17, 15) is 14.4 Å². The maximum Gasteiger partial charge on any atom is 0.319 e. The van der Waals surface area contributed by atoms with E-state index in [2.05, 4.69) is 10.6 Å². The van der Waals surface area contributed by atoms with Gasteiger partial charge < -0.3 is 15.4 Å². The van der Waals surface area contributed by atoms with Gasteiger partial charge in [0.1, 0.15) is 5.25 Å². The average Bonchev–Trinajstić information content (AvgIpc) is 2.66. The molecule has 0 aliphatic carbocycles. The highest BCUT2D eigenvalue weighted by atomic mass is 32.2. The van der Waals surface area contributed by atoms with E-state index < -0.39 is 17.1 Å². The maximum atomic E-state index is 12.0. The Hall–Kier alpha value is -2.80. The van der Waals surface area contributed by atoms with Crippen LogP contribution in [0.4, 0.5) is 5.69 Å². The lowest BCUT2D eigenvalue weighted by molar-refractivity contribution is -0.146. The van der Waals surface area contributed by atoms with Crippen LogP contribution < -0.4 is 10.6 Å². The summed E-state index contributed by atoms with van der Waals surface area (Å²) in [5.74, 6) is -1.10. The second-order valence-corrected chi connectivity index (χ2v) is 6.80. The van der Waals surface area contributed by atoms with E-state index in [1.54, 1.807) is 38.2 Å². The average molecular weight is 372 g/mol. The Bertz CT molecular complexity index is 763. The third-order valence-corrected chi connectivity index (χ3v) is 4.48. The maximum absolute atomic E-state index is 12.0. The van der Waals surface area contributed by atoms with E-state index in [4.69, 9.17) is 4.74 Å². The van der Waals surface area contributed by atoms with Crippen molar-refractivity contribution >= 4 is 35.2 Å². The van der Waals surface area contributed by atoms with Crippen LogP contribution >= 0.6 is 11.8 Å². The van der Waals surface area contributed by atoms with Crippen LogP contribution in [-0.4, -0.2) is 36.7 Å². The Morgan fingerprint density at radius 2 is 1.69 bits per heavy atom. The van der Waals surface area contributed by atoms with E-state index >= 15 is 0 Å².